The largest absolute Gasteiger partial charge is 0.316 e. The number of thiazole rings is 1. The van der Waals surface area contributed by atoms with Gasteiger partial charge in [-0.1, -0.05) is 36.8 Å². The van der Waals surface area contributed by atoms with Gasteiger partial charge in [-0.25, -0.2) is 4.98 Å². The third-order valence-corrected chi connectivity index (χ3v) is 3.75. The molecule has 0 saturated heterocycles. The number of nitrogens with zero attached hydrogens (tertiary/aromatic N) is 1. The van der Waals surface area contributed by atoms with Crippen LogP contribution in [-0.2, 0) is 6.42 Å². The van der Waals surface area contributed by atoms with Crippen molar-refractivity contribution in [3.05, 3.63) is 40.2 Å². The maximum atomic E-state index is 4.69. The Hall–Kier alpha value is -1.19. The van der Waals surface area contributed by atoms with Gasteiger partial charge in [-0.15, -0.1) is 11.3 Å². The van der Waals surface area contributed by atoms with Gasteiger partial charge < -0.3 is 5.32 Å². The molecule has 0 aliphatic carbocycles. The van der Waals surface area contributed by atoms with Gasteiger partial charge in [0.15, 0.2) is 0 Å². The lowest BCUT2D eigenvalue weighted by Crippen LogP contribution is -2.17. The fourth-order valence-electron chi connectivity index (χ4n) is 1.78. The van der Waals surface area contributed by atoms with E-state index in [4.69, 9.17) is 0 Å². The van der Waals surface area contributed by atoms with E-state index >= 15 is 0 Å². The van der Waals surface area contributed by atoms with Gasteiger partial charge >= 0.3 is 0 Å². The van der Waals surface area contributed by atoms with E-state index in [1.54, 1.807) is 11.3 Å². The van der Waals surface area contributed by atoms with Crippen molar-refractivity contribution in [3.8, 4) is 11.3 Å². The highest BCUT2D eigenvalue weighted by atomic mass is 32.1. The molecule has 0 fully saturated rings. The average molecular weight is 260 g/mol. The highest BCUT2D eigenvalue weighted by Crippen LogP contribution is 2.22. The van der Waals surface area contributed by atoms with Crippen molar-refractivity contribution in [2.75, 3.05) is 13.1 Å². The number of benzene rings is 1. The molecule has 0 aliphatic rings. The van der Waals surface area contributed by atoms with E-state index in [1.165, 1.54) is 22.6 Å². The maximum absolute atomic E-state index is 4.69. The Morgan fingerprint density at radius 2 is 1.94 bits per heavy atom. The van der Waals surface area contributed by atoms with Crippen LogP contribution < -0.4 is 5.32 Å². The average Bonchev–Trinajstić information content (AvgIpc) is 2.84. The van der Waals surface area contributed by atoms with Gasteiger partial charge in [0, 0.05) is 23.9 Å². The molecule has 0 unspecified atom stereocenters. The molecule has 1 aromatic carbocycles. The van der Waals surface area contributed by atoms with Crippen molar-refractivity contribution < 1.29 is 0 Å². The molecule has 1 aromatic heterocycles. The summed E-state index contributed by atoms with van der Waals surface area (Å²) in [5.41, 5.74) is 3.60. The summed E-state index contributed by atoms with van der Waals surface area (Å²) in [5.74, 6) is 0. The van der Waals surface area contributed by atoms with E-state index < -0.39 is 0 Å². The normalized spacial score (nSPS) is 10.8. The summed E-state index contributed by atoms with van der Waals surface area (Å²) in [5, 5.41) is 6.78. The molecule has 0 atom stereocenters. The summed E-state index contributed by atoms with van der Waals surface area (Å²) in [7, 11) is 0. The summed E-state index contributed by atoms with van der Waals surface area (Å²) in [4.78, 5) is 4.69. The van der Waals surface area contributed by atoms with Crippen LogP contribution in [0.5, 0.6) is 0 Å². The number of hydrogen-bond donors (Lipinski definition) is 1. The van der Waals surface area contributed by atoms with Crippen molar-refractivity contribution in [1.82, 2.24) is 10.3 Å². The molecule has 2 aromatic rings. The van der Waals surface area contributed by atoms with E-state index in [0.717, 1.165) is 25.2 Å². The third kappa shape index (κ3) is 3.65. The molecule has 0 saturated carbocycles. The van der Waals surface area contributed by atoms with E-state index in [-0.39, 0.29) is 0 Å². The fourth-order valence-corrected chi connectivity index (χ4v) is 2.59. The smallest absolute Gasteiger partial charge is 0.0945 e. The first-order chi connectivity index (χ1) is 8.79. The summed E-state index contributed by atoms with van der Waals surface area (Å²) in [6.07, 6.45) is 2.21. The Kier molecular flexibility index (Phi) is 4.90. The SMILES string of the molecule is CCCNCCc1nc(-c2ccc(C)cc2)cs1. The van der Waals surface area contributed by atoms with Crippen molar-refractivity contribution in [2.24, 2.45) is 0 Å². The van der Waals surface area contributed by atoms with Crippen LogP contribution in [0.2, 0.25) is 0 Å². The first-order valence-corrected chi connectivity index (χ1v) is 7.39. The molecule has 96 valence electrons. The van der Waals surface area contributed by atoms with Gasteiger partial charge in [-0.05, 0) is 19.9 Å². The van der Waals surface area contributed by atoms with E-state index in [9.17, 15) is 0 Å². The number of hydrogen-bond acceptors (Lipinski definition) is 3. The molecule has 0 bridgehead atoms. The Morgan fingerprint density at radius 1 is 1.17 bits per heavy atom. The van der Waals surface area contributed by atoms with Gasteiger partial charge in [0.2, 0.25) is 0 Å². The predicted octanol–water partition coefficient (Wildman–Crippen LogP) is 3.66. The van der Waals surface area contributed by atoms with Gasteiger partial charge in [0.05, 0.1) is 10.7 Å². The molecule has 0 radical (unpaired) electrons. The molecule has 1 N–H and O–H groups in total. The number of aromatic nitrogens is 1. The van der Waals surface area contributed by atoms with Crippen molar-refractivity contribution in [1.29, 1.82) is 0 Å². The van der Waals surface area contributed by atoms with Crippen LogP contribution in [0.3, 0.4) is 0 Å². The van der Waals surface area contributed by atoms with Gasteiger partial charge in [0.25, 0.3) is 0 Å². The minimum absolute atomic E-state index is 1.02. The zero-order chi connectivity index (χ0) is 12.8. The Labute approximate surface area is 113 Å². The predicted molar refractivity (Wildman–Crippen MR) is 79.2 cm³/mol. The van der Waals surface area contributed by atoms with Crippen molar-refractivity contribution in [2.45, 2.75) is 26.7 Å². The number of aryl methyl sites for hydroxylation is 1. The van der Waals surface area contributed by atoms with Crippen molar-refractivity contribution >= 4 is 11.3 Å². The van der Waals surface area contributed by atoms with Crippen LogP contribution in [-0.4, -0.2) is 18.1 Å². The lowest BCUT2D eigenvalue weighted by Gasteiger charge is -2.00. The molecule has 0 amide bonds. The Bertz CT molecular complexity index is 473. The van der Waals surface area contributed by atoms with E-state index in [1.807, 2.05) is 0 Å². The molecule has 2 rings (SSSR count). The summed E-state index contributed by atoms with van der Waals surface area (Å²) < 4.78 is 0. The second-order valence-corrected chi connectivity index (χ2v) is 5.44. The topological polar surface area (TPSA) is 24.9 Å². The van der Waals surface area contributed by atoms with E-state index in [0.29, 0.717) is 0 Å². The van der Waals surface area contributed by atoms with Crippen molar-refractivity contribution in [3.63, 3.8) is 0 Å². The lowest BCUT2D eigenvalue weighted by molar-refractivity contribution is 0.670. The standard InChI is InChI=1S/C15H20N2S/c1-3-9-16-10-8-15-17-14(11-18-15)13-6-4-12(2)5-7-13/h4-7,11,16H,3,8-10H2,1-2H3. The Balaban J connectivity index is 1.95. The zero-order valence-electron chi connectivity index (χ0n) is 11.1. The molecule has 18 heavy (non-hydrogen) atoms. The highest BCUT2D eigenvalue weighted by Gasteiger charge is 2.03. The van der Waals surface area contributed by atoms with Crippen LogP contribution in [0, 0.1) is 6.92 Å². The number of rotatable bonds is 6. The van der Waals surface area contributed by atoms with Gasteiger partial charge in [-0.3, -0.25) is 0 Å². The van der Waals surface area contributed by atoms with Crippen LogP contribution in [0.1, 0.15) is 23.9 Å². The monoisotopic (exact) mass is 260 g/mol. The highest BCUT2D eigenvalue weighted by molar-refractivity contribution is 7.09. The second kappa shape index (κ2) is 6.66. The molecular weight excluding hydrogens is 240 g/mol. The minimum Gasteiger partial charge on any atom is -0.316 e. The quantitative estimate of drug-likeness (QED) is 0.802. The third-order valence-electron chi connectivity index (χ3n) is 2.84. The molecule has 3 heteroatoms. The molecule has 0 aliphatic heterocycles. The van der Waals surface area contributed by atoms with Crippen LogP contribution in [0.4, 0.5) is 0 Å². The summed E-state index contributed by atoms with van der Waals surface area (Å²) in [6.45, 7) is 6.41. The zero-order valence-corrected chi connectivity index (χ0v) is 11.9. The summed E-state index contributed by atoms with van der Waals surface area (Å²) in [6, 6.07) is 8.56. The molecule has 2 nitrogen and oxygen atoms in total. The van der Waals surface area contributed by atoms with Crippen LogP contribution in [0.25, 0.3) is 11.3 Å². The minimum atomic E-state index is 1.02. The fraction of sp³-hybridized carbons (Fsp3) is 0.400. The first kappa shape index (κ1) is 13.2. The molecule has 1 heterocycles. The van der Waals surface area contributed by atoms with Crippen LogP contribution >= 0.6 is 11.3 Å². The molecular formula is C15H20N2S. The number of nitrogens with one attached hydrogen (secondary N) is 1. The summed E-state index contributed by atoms with van der Waals surface area (Å²) >= 11 is 1.76. The Morgan fingerprint density at radius 3 is 2.67 bits per heavy atom. The van der Waals surface area contributed by atoms with Gasteiger partial charge in [-0.2, -0.15) is 0 Å². The lowest BCUT2D eigenvalue weighted by atomic mass is 10.1. The van der Waals surface area contributed by atoms with Gasteiger partial charge in [0.1, 0.15) is 0 Å². The maximum Gasteiger partial charge on any atom is 0.0945 e. The van der Waals surface area contributed by atoms with Crippen LogP contribution in [0.15, 0.2) is 29.6 Å². The first-order valence-electron chi connectivity index (χ1n) is 6.51. The second-order valence-electron chi connectivity index (χ2n) is 4.49. The van der Waals surface area contributed by atoms with E-state index in [2.05, 4.69) is 53.8 Å². The molecule has 0 spiro atoms.